The second kappa shape index (κ2) is 8.20. The van der Waals surface area contributed by atoms with E-state index in [0.29, 0.717) is 23.3 Å². The van der Waals surface area contributed by atoms with E-state index in [1.165, 1.54) is 25.3 Å². The normalized spacial score (nSPS) is 10.7. The van der Waals surface area contributed by atoms with E-state index in [9.17, 15) is 15.0 Å². The van der Waals surface area contributed by atoms with Gasteiger partial charge in [0.15, 0.2) is 5.78 Å². The molecule has 130 valence electrons. The number of phenolic OH excluding ortho intramolecular Hbond substituents is 2. The Hall–Kier alpha value is -3.01. The number of aromatic hydroxyl groups is 2. The molecule has 0 atom stereocenters. The lowest BCUT2D eigenvalue weighted by Crippen LogP contribution is -2.00. The Kier molecular flexibility index (Phi) is 6.01. The molecule has 0 fully saturated rings. The fourth-order valence-electron chi connectivity index (χ4n) is 2.40. The third-order valence-corrected chi connectivity index (χ3v) is 3.79. The number of para-hydroxylation sites is 1. The topological polar surface area (TPSA) is 66.8 Å². The first kappa shape index (κ1) is 18.3. The van der Waals surface area contributed by atoms with Crippen molar-refractivity contribution in [3.8, 4) is 17.2 Å². The van der Waals surface area contributed by atoms with E-state index in [-0.39, 0.29) is 22.8 Å². The van der Waals surface area contributed by atoms with Gasteiger partial charge in [0.05, 0.1) is 12.7 Å². The molecular formula is C21H22O4. The Bertz CT molecular complexity index is 828. The molecule has 2 rings (SSSR count). The lowest BCUT2D eigenvalue weighted by atomic mass is 10.0. The third kappa shape index (κ3) is 4.51. The molecule has 0 aliphatic heterocycles. The third-order valence-electron chi connectivity index (χ3n) is 3.79. The van der Waals surface area contributed by atoms with E-state index in [1.807, 2.05) is 19.9 Å². The van der Waals surface area contributed by atoms with Crippen LogP contribution >= 0.6 is 0 Å². The zero-order valence-corrected chi connectivity index (χ0v) is 14.6. The summed E-state index contributed by atoms with van der Waals surface area (Å²) in [5.74, 6) is 0.205. The second-order valence-electron chi connectivity index (χ2n) is 5.88. The van der Waals surface area contributed by atoms with Crippen molar-refractivity contribution in [3.05, 3.63) is 70.8 Å². The van der Waals surface area contributed by atoms with Crippen LogP contribution in [0.2, 0.25) is 0 Å². The molecule has 0 spiro atoms. The van der Waals surface area contributed by atoms with E-state index in [2.05, 4.69) is 0 Å². The van der Waals surface area contributed by atoms with Crippen LogP contribution in [0, 0.1) is 0 Å². The molecule has 4 heteroatoms. The average molecular weight is 338 g/mol. The van der Waals surface area contributed by atoms with Crippen molar-refractivity contribution in [1.82, 2.24) is 0 Å². The standard InChI is InChI=1S/C21H22O4/c1-14(2)8-10-17-20(25-3)13-11-16(21(17)24)19(23)12-9-15-6-4-5-7-18(15)22/h4-9,11-13,22,24H,10H2,1-3H3/b12-9+. The highest BCUT2D eigenvalue weighted by Crippen LogP contribution is 2.33. The van der Waals surface area contributed by atoms with Crippen LogP contribution in [0.5, 0.6) is 17.2 Å². The van der Waals surface area contributed by atoms with E-state index >= 15 is 0 Å². The maximum atomic E-state index is 12.5. The molecule has 0 heterocycles. The molecule has 0 saturated heterocycles. The van der Waals surface area contributed by atoms with Crippen LogP contribution in [-0.2, 0) is 6.42 Å². The molecule has 2 aromatic carbocycles. The fraction of sp³-hybridized carbons (Fsp3) is 0.190. The molecule has 0 amide bonds. The second-order valence-corrected chi connectivity index (χ2v) is 5.88. The van der Waals surface area contributed by atoms with Crippen LogP contribution in [0.1, 0.15) is 35.3 Å². The molecule has 2 N–H and O–H groups in total. The van der Waals surface area contributed by atoms with E-state index in [4.69, 9.17) is 4.74 Å². The van der Waals surface area contributed by atoms with Gasteiger partial charge in [-0.1, -0.05) is 29.8 Å². The Morgan fingerprint density at radius 3 is 2.48 bits per heavy atom. The van der Waals surface area contributed by atoms with Crippen molar-refractivity contribution in [2.75, 3.05) is 7.11 Å². The van der Waals surface area contributed by atoms with Gasteiger partial charge in [-0.2, -0.15) is 0 Å². The Balaban J connectivity index is 2.35. The lowest BCUT2D eigenvalue weighted by Gasteiger charge is -2.12. The fourth-order valence-corrected chi connectivity index (χ4v) is 2.40. The summed E-state index contributed by atoms with van der Waals surface area (Å²) in [6.45, 7) is 3.93. The van der Waals surface area contributed by atoms with Gasteiger partial charge in [-0.3, -0.25) is 4.79 Å². The van der Waals surface area contributed by atoms with E-state index in [0.717, 1.165) is 5.57 Å². The molecule has 0 aliphatic rings. The Labute approximate surface area is 147 Å². The van der Waals surface area contributed by atoms with Gasteiger partial charge in [0, 0.05) is 11.1 Å². The highest BCUT2D eigenvalue weighted by molar-refractivity contribution is 6.09. The van der Waals surface area contributed by atoms with Crippen LogP contribution in [0.15, 0.2) is 54.1 Å². The van der Waals surface area contributed by atoms with E-state index < -0.39 is 0 Å². The van der Waals surface area contributed by atoms with Crippen LogP contribution < -0.4 is 4.74 Å². The number of rotatable bonds is 6. The maximum absolute atomic E-state index is 12.5. The largest absolute Gasteiger partial charge is 0.507 e. The minimum absolute atomic E-state index is 0.0798. The molecule has 25 heavy (non-hydrogen) atoms. The molecular weight excluding hydrogens is 316 g/mol. The van der Waals surface area contributed by atoms with Crippen molar-refractivity contribution in [3.63, 3.8) is 0 Å². The van der Waals surface area contributed by atoms with Gasteiger partial charge in [0.25, 0.3) is 0 Å². The molecule has 4 nitrogen and oxygen atoms in total. The number of carbonyl (C=O) groups excluding carboxylic acids is 1. The number of carbonyl (C=O) groups is 1. The van der Waals surface area contributed by atoms with Crippen LogP contribution in [0.25, 0.3) is 6.08 Å². The predicted molar refractivity (Wildman–Crippen MR) is 99.3 cm³/mol. The smallest absolute Gasteiger partial charge is 0.189 e. The summed E-state index contributed by atoms with van der Waals surface area (Å²) in [5, 5.41) is 20.3. The first-order chi connectivity index (χ1) is 11.9. The summed E-state index contributed by atoms with van der Waals surface area (Å²) >= 11 is 0. The number of hydrogen-bond donors (Lipinski definition) is 2. The zero-order chi connectivity index (χ0) is 18.4. The number of hydrogen-bond acceptors (Lipinski definition) is 4. The van der Waals surface area contributed by atoms with E-state index in [1.54, 1.807) is 30.3 Å². The Morgan fingerprint density at radius 2 is 1.84 bits per heavy atom. The first-order valence-corrected chi connectivity index (χ1v) is 7.96. The summed E-state index contributed by atoms with van der Waals surface area (Å²) < 4.78 is 5.29. The molecule has 0 bridgehead atoms. The predicted octanol–water partition coefficient (Wildman–Crippen LogP) is 4.51. The number of ketones is 1. The van der Waals surface area contributed by atoms with Crippen molar-refractivity contribution < 1.29 is 19.7 Å². The van der Waals surface area contributed by atoms with Crippen molar-refractivity contribution in [1.29, 1.82) is 0 Å². The molecule has 0 aromatic heterocycles. The van der Waals surface area contributed by atoms with Crippen molar-refractivity contribution in [2.45, 2.75) is 20.3 Å². The van der Waals surface area contributed by atoms with Crippen molar-refractivity contribution in [2.24, 2.45) is 0 Å². The summed E-state index contributed by atoms with van der Waals surface area (Å²) in [5.41, 5.74) is 2.42. The van der Waals surface area contributed by atoms with Gasteiger partial charge in [0.1, 0.15) is 17.2 Å². The highest BCUT2D eigenvalue weighted by atomic mass is 16.5. The van der Waals surface area contributed by atoms with Crippen molar-refractivity contribution >= 4 is 11.9 Å². The number of ether oxygens (including phenoxy) is 1. The molecule has 0 aliphatic carbocycles. The SMILES string of the molecule is COc1ccc(C(=O)/C=C/c2ccccc2O)c(O)c1CC=C(C)C. The minimum atomic E-state index is -0.346. The molecule has 0 radical (unpaired) electrons. The van der Waals surface area contributed by atoms with Gasteiger partial charge in [-0.15, -0.1) is 0 Å². The molecule has 0 saturated carbocycles. The Morgan fingerprint density at radius 1 is 1.12 bits per heavy atom. The maximum Gasteiger partial charge on any atom is 0.189 e. The summed E-state index contributed by atoms with van der Waals surface area (Å²) in [6.07, 6.45) is 5.30. The number of phenols is 2. The van der Waals surface area contributed by atoms with Gasteiger partial charge in [-0.05, 0) is 50.6 Å². The number of methoxy groups -OCH3 is 1. The number of benzene rings is 2. The average Bonchev–Trinajstić information content (AvgIpc) is 2.59. The van der Waals surface area contributed by atoms with Crippen LogP contribution in [-0.4, -0.2) is 23.1 Å². The summed E-state index contributed by atoms with van der Waals surface area (Å²) in [4.78, 5) is 12.5. The van der Waals surface area contributed by atoms with Gasteiger partial charge in [0.2, 0.25) is 0 Å². The quantitative estimate of drug-likeness (QED) is 0.462. The van der Waals surface area contributed by atoms with Gasteiger partial charge in [-0.25, -0.2) is 0 Å². The lowest BCUT2D eigenvalue weighted by molar-refractivity contribution is 0.104. The van der Waals surface area contributed by atoms with Gasteiger partial charge < -0.3 is 14.9 Å². The summed E-state index contributed by atoms with van der Waals surface area (Å²) in [6, 6.07) is 9.94. The van der Waals surface area contributed by atoms with Gasteiger partial charge >= 0.3 is 0 Å². The highest BCUT2D eigenvalue weighted by Gasteiger charge is 2.16. The molecule has 0 unspecified atom stereocenters. The number of allylic oxidation sites excluding steroid dienone is 3. The van der Waals surface area contributed by atoms with Crippen LogP contribution in [0.3, 0.4) is 0 Å². The monoisotopic (exact) mass is 338 g/mol. The van der Waals surface area contributed by atoms with Crippen LogP contribution in [0.4, 0.5) is 0 Å². The summed E-state index contributed by atoms with van der Waals surface area (Å²) in [7, 11) is 1.53. The minimum Gasteiger partial charge on any atom is -0.507 e. The first-order valence-electron chi connectivity index (χ1n) is 7.96. The zero-order valence-electron chi connectivity index (χ0n) is 14.6. The molecule has 2 aromatic rings.